The summed E-state index contributed by atoms with van der Waals surface area (Å²) < 4.78 is 0. The molecule has 142 valence electrons. The number of likely N-dealkylation sites (tertiary alicyclic amines) is 1. The minimum Gasteiger partial charge on any atom is -0.508 e. The minimum absolute atomic E-state index is 0.0292. The number of hydrazine groups is 1. The van der Waals surface area contributed by atoms with E-state index in [0.717, 1.165) is 16.0 Å². The van der Waals surface area contributed by atoms with Crippen molar-refractivity contribution in [1.29, 1.82) is 0 Å². The van der Waals surface area contributed by atoms with Crippen LogP contribution in [0, 0.1) is 5.92 Å². The van der Waals surface area contributed by atoms with Crippen LogP contribution in [-0.2, 0) is 4.79 Å². The maximum absolute atomic E-state index is 13.0. The fraction of sp³-hybridized carbons (Fsp3) is 0.350. The molecule has 4 atom stereocenters. The number of carbonyl (C=O) groups is 1. The van der Waals surface area contributed by atoms with Crippen LogP contribution >= 0.6 is 11.8 Å². The van der Waals surface area contributed by atoms with Gasteiger partial charge in [-0.25, -0.2) is 10.9 Å². The maximum Gasteiger partial charge on any atom is 0.242 e. The number of aliphatic hydroxyl groups excluding tert-OH is 1. The molecule has 0 bridgehead atoms. The number of fused-ring (bicyclic) bond motifs is 1. The quantitative estimate of drug-likeness (QED) is 0.588. The predicted molar refractivity (Wildman–Crippen MR) is 104 cm³/mol. The van der Waals surface area contributed by atoms with E-state index in [0.29, 0.717) is 0 Å². The molecule has 6 nitrogen and oxygen atoms in total. The first-order valence-electron chi connectivity index (χ1n) is 9.00. The van der Waals surface area contributed by atoms with Crippen molar-refractivity contribution in [3.05, 3.63) is 59.7 Å². The third-order valence-corrected chi connectivity index (χ3v) is 6.23. The van der Waals surface area contributed by atoms with Crippen LogP contribution in [0.2, 0.25) is 0 Å². The Labute approximate surface area is 162 Å². The van der Waals surface area contributed by atoms with E-state index in [2.05, 4.69) is 35.1 Å². The van der Waals surface area contributed by atoms with Gasteiger partial charge in [0.25, 0.3) is 0 Å². The average Bonchev–Trinajstić information content (AvgIpc) is 3.23. The first-order valence-corrected chi connectivity index (χ1v) is 10.2. The fourth-order valence-corrected chi connectivity index (χ4v) is 4.68. The highest BCUT2D eigenvalue weighted by Gasteiger charge is 2.55. The summed E-state index contributed by atoms with van der Waals surface area (Å²) in [6.45, 7) is 0.204. The van der Waals surface area contributed by atoms with Crippen LogP contribution < -0.4 is 10.9 Å². The lowest BCUT2D eigenvalue weighted by Gasteiger charge is -2.31. The van der Waals surface area contributed by atoms with Gasteiger partial charge in [0, 0.05) is 22.9 Å². The van der Waals surface area contributed by atoms with Crippen LogP contribution in [0.3, 0.4) is 0 Å². The summed E-state index contributed by atoms with van der Waals surface area (Å²) in [5, 5.41) is 19.9. The molecule has 2 aliphatic heterocycles. The van der Waals surface area contributed by atoms with Gasteiger partial charge in [0.15, 0.2) is 0 Å². The zero-order valence-electron chi connectivity index (χ0n) is 15.0. The lowest BCUT2D eigenvalue weighted by Crippen LogP contribution is -2.42. The van der Waals surface area contributed by atoms with E-state index in [-0.39, 0.29) is 42.8 Å². The molecular weight excluding hydrogens is 362 g/mol. The van der Waals surface area contributed by atoms with Crippen LogP contribution in [0.15, 0.2) is 53.4 Å². The topological polar surface area (TPSA) is 84.8 Å². The van der Waals surface area contributed by atoms with Crippen LogP contribution in [0.25, 0.3) is 0 Å². The summed E-state index contributed by atoms with van der Waals surface area (Å²) in [5.41, 5.74) is 8.12. The molecule has 0 saturated carbocycles. The average molecular weight is 385 g/mol. The van der Waals surface area contributed by atoms with Crippen molar-refractivity contribution >= 4 is 17.7 Å². The number of aromatic hydroxyl groups is 1. The Morgan fingerprint density at radius 1 is 1.07 bits per heavy atom. The van der Waals surface area contributed by atoms with Crippen molar-refractivity contribution in [2.75, 3.05) is 19.4 Å². The highest BCUT2D eigenvalue weighted by atomic mass is 32.2. The van der Waals surface area contributed by atoms with Gasteiger partial charge in [0.1, 0.15) is 11.8 Å². The molecule has 4 N–H and O–H groups in total. The molecule has 27 heavy (non-hydrogen) atoms. The summed E-state index contributed by atoms with van der Waals surface area (Å²) in [7, 11) is 0. The zero-order chi connectivity index (χ0) is 19.0. The van der Waals surface area contributed by atoms with Gasteiger partial charge in [-0.15, -0.1) is 11.8 Å². The Balaban J connectivity index is 1.76. The molecule has 2 aliphatic rings. The van der Waals surface area contributed by atoms with Crippen molar-refractivity contribution in [3.8, 4) is 5.75 Å². The Bertz CT molecular complexity index is 829. The lowest BCUT2D eigenvalue weighted by molar-refractivity contribution is -0.131. The van der Waals surface area contributed by atoms with Gasteiger partial charge in [0.05, 0.1) is 18.7 Å². The first kappa shape index (κ1) is 18.3. The van der Waals surface area contributed by atoms with Gasteiger partial charge in [-0.3, -0.25) is 4.79 Å². The molecule has 2 aromatic rings. The van der Waals surface area contributed by atoms with E-state index in [4.69, 9.17) is 0 Å². The molecule has 2 fully saturated rings. The second-order valence-electron chi connectivity index (χ2n) is 6.85. The Morgan fingerprint density at radius 2 is 1.78 bits per heavy atom. The highest BCUT2D eigenvalue weighted by molar-refractivity contribution is 7.98. The van der Waals surface area contributed by atoms with Gasteiger partial charge in [0.2, 0.25) is 5.91 Å². The number of benzene rings is 2. The summed E-state index contributed by atoms with van der Waals surface area (Å²) >= 11 is 1.67. The molecule has 1 amide bonds. The van der Waals surface area contributed by atoms with E-state index >= 15 is 0 Å². The third-order valence-electron chi connectivity index (χ3n) is 5.48. The van der Waals surface area contributed by atoms with Crippen molar-refractivity contribution in [1.82, 2.24) is 15.8 Å². The molecule has 2 saturated heterocycles. The van der Waals surface area contributed by atoms with Crippen molar-refractivity contribution < 1.29 is 15.0 Å². The predicted octanol–water partition coefficient (Wildman–Crippen LogP) is 1.82. The number of aliphatic hydroxyl groups is 1. The first-order chi connectivity index (χ1) is 13.2. The number of β-amino-alcohol motifs (C(OH)–C–C–N with tert-alkyl or cyclic N) is 1. The van der Waals surface area contributed by atoms with Crippen molar-refractivity contribution in [2.24, 2.45) is 5.92 Å². The third kappa shape index (κ3) is 3.10. The molecule has 4 unspecified atom stereocenters. The van der Waals surface area contributed by atoms with Crippen LogP contribution in [0.1, 0.15) is 23.2 Å². The molecule has 0 radical (unpaired) electrons. The van der Waals surface area contributed by atoms with Gasteiger partial charge in [-0.2, -0.15) is 0 Å². The van der Waals surface area contributed by atoms with Gasteiger partial charge < -0.3 is 15.1 Å². The Morgan fingerprint density at radius 3 is 2.44 bits per heavy atom. The Hall–Kier alpha value is -2.06. The van der Waals surface area contributed by atoms with E-state index < -0.39 is 6.04 Å². The van der Waals surface area contributed by atoms with Gasteiger partial charge >= 0.3 is 0 Å². The molecular formula is C20H23N3O3S. The number of rotatable bonds is 5. The van der Waals surface area contributed by atoms with Crippen molar-refractivity contribution in [2.45, 2.75) is 23.0 Å². The summed E-state index contributed by atoms with van der Waals surface area (Å²) in [6.07, 6.45) is 2.03. The van der Waals surface area contributed by atoms with E-state index in [1.165, 1.54) is 0 Å². The number of phenolic OH excluding ortho intramolecular Hbond substituents is 1. The van der Waals surface area contributed by atoms with Crippen LogP contribution in [0.4, 0.5) is 0 Å². The maximum atomic E-state index is 13.0. The number of thioether (sulfide) groups is 1. The number of amides is 1. The second-order valence-corrected chi connectivity index (χ2v) is 7.73. The van der Waals surface area contributed by atoms with Gasteiger partial charge in [-0.05, 0) is 30.0 Å². The lowest BCUT2D eigenvalue weighted by atomic mass is 9.83. The number of nitrogens with zero attached hydrogens (tertiary/aromatic N) is 1. The summed E-state index contributed by atoms with van der Waals surface area (Å²) in [4.78, 5) is 15.9. The van der Waals surface area contributed by atoms with Crippen LogP contribution in [-0.4, -0.2) is 46.5 Å². The molecule has 2 heterocycles. The molecule has 0 aromatic heterocycles. The number of hydrogen-bond acceptors (Lipinski definition) is 6. The molecule has 2 aromatic carbocycles. The van der Waals surface area contributed by atoms with E-state index in [9.17, 15) is 15.0 Å². The molecule has 0 aliphatic carbocycles. The molecule has 4 rings (SSSR count). The van der Waals surface area contributed by atoms with E-state index in [1.54, 1.807) is 28.8 Å². The monoisotopic (exact) mass is 385 g/mol. The number of hydrogen-bond donors (Lipinski definition) is 4. The largest absolute Gasteiger partial charge is 0.508 e. The second kappa shape index (κ2) is 7.52. The summed E-state index contributed by atoms with van der Waals surface area (Å²) in [5.74, 6) is 0.0814. The van der Waals surface area contributed by atoms with Crippen molar-refractivity contribution in [3.63, 3.8) is 0 Å². The number of para-hydroxylation sites is 1. The molecule has 7 heteroatoms. The van der Waals surface area contributed by atoms with Crippen LogP contribution in [0.5, 0.6) is 5.75 Å². The van der Waals surface area contributed by atoms with Gasteiger partial charge in [-0.1, -0.05) is 30.3 Å². The number of nitrogens with one attached hydrogen (secondary N) is 2. The highest BCUT2D eigenvalue weighted by Crippen LogP contribution is 2.48. The fourth-order valence-electron chi connectivity index (χ4n) is 4.27. The van der Waals surface area contributed by atoms with E-state index in [1.807, 2.05) is 18.4 Å². The summed E-state index contributed by atoms with van der Waals surface area (Å²) in [6, 6.07) is 14.6. The SMILES string of the molecule is CSc1ccc(C2C3C(NNC3c3ccccc3O)C(=O)N2CCO)cc1. The normalized spacial score (nSPS) is 27.2. The number of phenols is 1. The standard InChI is InChI=1S/C20H23N3O3S/c1-27-13-8-6-12(7-9-13)19-16-17(14-4-2-3-5-15(14)25)21-22-18(16)20(26)23(19)10-11-24/h2-9,16-19,21-22,24-25H,10-11H2,1H3. The minimum atomic E-state index is -0.397. The molecule has 0 spiro atoms. The number of carbonyl (C=O) groups excluding carboxylic acids is 1. The zero-order valence-corrected chi connectivity index (χ0v) is 15.8. The Kier molecular flexibility index (Phi) is 5.10. The smallest absolute Gasteiger partial charge is 0.242 e.